The minimum absolute atomic E-state index is 0. The Morgan fingerprint density at radius 2 is 1.89 bits per heavy atom. The number of pyridine rings is 1. The van der Waals surface area contributed by atoms with Crippen LogP contribution in [0.2, 0.25) is 0 Å². The Kier molecular flexibility index (Phi) is 7.58. The second-order valence-corrected chi connectivity index (χ2v) is 7.59. The molecular formula is C23H20ClF2N7O2. The highest BCUT2D eigenvalue weighted by Gasteiger charge is 2.18. The molecule has 0 spiro atoms. The van der Waals surface area contributed by atoms with Gasteiger partial charge in [0, 0.05) is 29.3 Å². The fourth-order valence-corrected chi connectivity index (χ4v) is 3.50. The number of fused-ring (bicyclic) bond motifs is 1. The van der Waals surface area contributed by atoms with Crippen LogP contribution < -0.4 is 10.8 Å². The Morgan fingerprint density at radius 1 is 1.11 bits per heavy atom. The average Bonchev–Trinajstić information content (AvgIpc) is 3.16. The van der Waals surface area contributed by atoms with Crippen molar-refractivity contribution in [3.05, 3.63) is 59.7 Å². The van der Waals surface area contributed by atoms with E-state index < -0.39 is 17.5 Å². The summed E-state index contributed by atoms with van der Waals surface area (Å²) in [5.41, 5.74) is 2.76. The van der Waals surface area contributed by atoms with Gasteiger partial charge in [0.2, 0.25) is 5.95 Å². The first-order chi connectivity index (χ1) is 16.3. The molecule has 0 bridgehead atoms. The highest BCUT2D eigenvalue weighted by molar-refractivity contribution is 5.93. The van der Waals surface area contributed by atoms with Gasteiger partial charge in [0.1, 0.15) is 22.9 Å². The van der Waals surface area contributed by atoms with Crippen LogP contribution in [0.1, 0.15) is 31.3 Å². The van der Waals surface area contributed by atoms with Gasteiger partial charge in [0.05, 0.1) is 11.7 Å². The molecule has 4 aromatic rings. The number of aromatic nitrogens is 5. The number of amides is 1. The first-order valence-electron chi connectivity index (χ1n) is 10.2. The summed E-state index contributed by atoms with van der Waals surface area (Å²) in [5.74, 6) is 3.60. The number of halogens is 3. The third-order valence-corrected chi connectivity index (χ3v) is 4.88. The van der Waals surface area contributed by atoms with Crippen molar-refractivity contribution in [2.75, 3.05) is 5.32 Å². The summed E-state index contributed by atoms with van der Waals surface area (Å²) in [5, 5.41) is 11.3. The van der Waals surface area contributed by atoms with Gasteiger partial charge in [-0.25, -0.2) is 34.2 Å². The Labute approximate surface area is 205 Å². The minimum Gasteiger partial charge on any atom is -0.326 e. The normalized spacial score (nSPS) is 10.5. The van der Waals surface area contributed by atoms with E-state index >= 15 is 0 Å². The summed E-state index contributed by atoms with van der Waals surface area (Å²) >= 11 is 0. The van der Waals surface area contributed by atoms with Crippen LogP contribution in [0.25, 0.3) is 22.3 Å². The van der Waals surface area contributed by atoms with Crippen LogP contribution in [0.4, 0.5) is 20.5 Å². The van der Waals surface area contributed by atoms with E-state index in [-0.39, 0.29) is 41.2 Å². The van der Waals surface area contributed by atoms with Crippen molar-refractivity contribution in [1.82, 2.24) is 30.0 Å². The lowest BCUT2D eigenvalue weighted by Crippen LogP contribution is -2.15. The molecule has 0 fully saturated rings. The number of hydrogen-bond acceptors (Lipinski definition) is 7. The van der Waals surface area contributed by atoms with E-state index in [0.29, 0.717) is 22.7 Å². The largest absolute Gasteiger partial charge is 0.326 e. The van der Waals surface area contributed by atoms with Gasteiger partial charge in [-0.2, -0.15) is 0 Å². The number of carbonyl (C=O) groups is 1. The van der Waals surface area contributed by atoms with Crippen LogP contribution in [0.15, 0.2) is 36.7 Å². The highest BCUT2D eigenvalue weighted by Crippen LogP contribution is 2.30. The summed E-state index contributed by atoms with van der Waals surface area (Å²) in [6, 6.07) is 6.02. The standard InChI is InChI=1S/C23H19F2N7O2.ClH/c1-12(2)32-13(3)28-22-16(24)8-15(9-18(22)32)21-17(25)11-27-23(30-21)29-19-6-4-14(10-26-19)5-7-20(33)31-34;/h4,6,8-12,34H,1-3H3,(H,31,33)(H,26,27,29,30);1H. The molecule has 3 aromatic heterocycles. The maximum atomic E-state index is 14.8. The topological polar surface area (TPSA) is 118 Å². The van der Waals surface area contributed by atoms with Gasteiger partial charge in [-0.1, -0.05) is 5.92 Å². The van der Waals surface area contributed by atoms with Gasteiger partial charge in [0.25, 0.3) is 0 Å². The predicted molar refractivity (Wildman–Crippen MR) is 127 cm³/mol. The van der Waals surface area contributed by atoms with Gasteiger partial charge < -0.3 is 9.88 Å². The molecule has 0 aliphatic heterocycles. The highest BCUT2D eigenvalue weighted by atomic mass is 35.5. The smallest absolute Gasteiger partial charge is 0.319 e. The molecule has 0 saturated carbocycles. The first-order valence-corrected chi connectivity index (χ1v) is 10.2. The third-order valence-electron chi connectivity index (χ3n) is 4.88. The molecule has 180 valence electrons. The van der Waals surface area contributed by atoms with E-state index in [0.717, 1.165) is 6.20 Å². The van der Waals surface area contributed by atoms with E-state index in [9.17, 15) is 13.6 Å². The maximum absolute atomic E-state index is 14.8. The number of rotatable bonds is 4. The Balaban J connectivity index is 0.00000342. The molecule has 12 heteroatoms. The summed E-state index contributed by atoms with van der Waals surface area (Å²) in [6.45, 7) is 5.70. The number of benzene rings is 1. The van der Waals surface area contributed by atoms with Crippen molar-refractivity contribution >= 4 is 41.1 Å². The molecule has 1 aromatic carbocycles. The predicted octanol–water partition coefficient (Wildman–Crippen LogP) is 4.08. The molecule has 3 heterocycles. The molecule has 1 amide bonds. The third kappa shape index (κ3) is 5.34. The van der Waals surface area contributed by atoms with Crippen molar-refractivity contribution < 1.29 is 18.8 Å². The average molecular weight is 500 g/mol. The van der Waals surface area contributed by atoms with Crippen LogP contribution >= 0.6 is 12.4 Å². The molecule has 3 N–H and O–H groups in total. The molecule has 0 atom stereocenters. The number of hydrogen-bond donors (Lipinski definition) is 3. The van der Waals surface area contributed by atoms with Crippen LogP contribution in [0, 0.1) is 30.4 Å². The quantitative estimate of drug-likeness (QED) is 0.220. The zero-order chi connectivity index (χ0) is 24.4. The molecule has 9 nitrogen and oxygen atoms in total. The lowest BCUT2D eigenvalue weighted by atomic mass is 10.1. The van der Waals surface area contributed by atoms with Crippen LogP contribution in [0.5, 0.6) is 0 Å². The van der Waals surface area contributed by atoms with Gasteiger partial charge >= 0.3 is 5.91 Å². The van der Waals surface area contributed by atoms with Gasteiger partial charge in [-0.3, -0.25) is 10.0 Å². The number of hydroxylamine groups is 1. The zero-order valence-corrected chi connectivity index (χ0v) is 19.6. The fourth-order valence-electron chi connectivity index (χ4n) is 3.50. The van der Waals surface area contributed by atoms with Gasteiger partial charge in [-0.05, 0) is 45.0 Å². The van der Waals surface area contributed by atoms with Crippen molar-refractivity contribution in [2.24, 2.45) is 0 Å². The Morgan fingerprint density at radius 3 is 2.54 bits per heavy atom. The van der Waals surface area contributed by atoms with E-state index in [1.165, 1.54) is 17.7 Å². The number of carbonyl (C=O) groups excluding carboxylic acids is 1. The number of nitrogens with zero attached hydrogens (tertiary/aromatic N) is 5. The summed E-state index contributed by atoms with van der Waals surface area (Å²) in [4.78, 5) is 27.6. The number of aryl methyl sites for hydroxylation is 1. The number of imidazole rings is 1. The molecule has 35 heavy (non-hydrogen) atoms. The maximum Gasteiger partial charge on any atom is 0.319 e. The van der Waals surface area contributed by atoms with Gasteiger partial charge in [-0.15, -0.1) is 12.4 Å². The molecule has 0 saturated heterocycles. The molecule has 4 rings (SSSR count). The van der Waals surface area contributed by atoms with Crippen molar-refractivity contribution in [2.45, 2.75) is 26.8 Å². The molecule has 0 radical (unpaired) electrons. The Hall–Kier alpha value is -4.14. The van der Waals surface area contributed by atoms with Crippen molar-refractivity contribution in [3.63, 3.8) is 0 Å². The second-order valence-electron chi connectivity index (χ2n) is 7.59. The monoisotopic (exact) mass is 499 g/mol. The van der Waals surface area contributed by atoms with E-state index in [1.807, 2.05) is 18.4 Å². The van der Waals surface area contributed by atoms with Crippen molar-refractivity contribution in [1.29, 1.82) is 0 Å². The molecule has 0 unspecified atom stereocenters. The fraction of sp³-hybridized carbons (Fsp3) is 0.174. The zero-order valence-electron chi connectivity index (χ0n) is 18.8. The first kappa shape index (κ1) is 25.5. The van der Waals surface area contributed by atoms with Crippen LogP contribution in [-0.4, -0.2) is 35.6 Å². The van der Waals surface area contributed by atoms with Crippen LogP contribution in [0.3, 0.4) is 0 Å². The number of anilines is 2. The SMILES string of the molecule is Cc1nc2c(F)cc(-c3nc(Nc4ccc(C#CC(=O)NO)cn4)ncc3F)cc2n1C(C)C.Cl. The number of nitrogens with one attached hydrogen (secondary N) is 2. The van der Waals surface area contributed by atoms with Crippen molar-refractivity contribution in [3.8, 4) is 23.1 Å². The summed E-state index contributed by atoms with van der Waals surface area (Å²) < 4.78 is 31.3. The van der Waals surface area contributed by atoms with E-state index in [1.54, 1.807) is 25.1 Å². The lowest BCUT2D eigenvalue weighted by molar-refractivity contribution is -0.123. The molecule has 0 aliphatic carbocycles. The van der Waals surface area contributed by atoms with Crippen LogP contribution in [-0.2, 0) is 4.79 Å². The van der Waals surface area contributed by atoms with E-state index in [4.69, 9.17) is 5.21 Å². The summed E-state index contributed by atoms with van der Waals surface area (Å²) in [6.07, 6.45) is 2.38. The summed E-state index contributed by atoms with van der Waals surface area (Å²) in [7, 11) is 0. The van der Waals surface area contributed by atoms with Gasteiger partial charge in [0.15, 0.2) is 11.6 Å². The second kappa shape index (κ2) is 10.4. The molecule has 0 aliphatic rings. The molecular weight excluding hydrogens is 480 g/mol. The van der Waals surface area contributed by atoms with E-state index in [2.05, 4.69) is 37.1 Å². The lowest BCUT2D eigenvalue weighted by Gasteiger charge is -2.12. The Bertz CT molecular complexity index is 1460. The minimum atomic E-state index is -0.851.